The van der Waals surface area contributed by atoms with Gasteiger partial charge in [-0.15, -0.1) is 0 Å². The Morgan fingerprint density at radius 2 is 1.90 bits per heavy atom. The maximum absolute atomic E-state index is 14.0. The second-order valence-corrected chi connectivity index (χ2v) is 9.47. The van der Waals surface area contributed by atoms with E-state index in [0.29, 0.717) is 6.42 Å². The average Bonchev–Trinajstić information content (AvgIpc) is 3.13. The summed E-state index contributed by atoms with van der Waals surface area (Å²) in [6.07, 6.45) is 4.88. The fraction of sp³-hybridized carbons (Fsp3) is 0.409. The highest BCUT2D eigenvalue weighted by atomic mass is 32.2. The Morgan fingerprint density at radius 1 is 1.17 bits per heavy atom. The fourth-order valence-corrected chi connectivity index (χ4v) is 4.73. The van der Waals surface area contributed by atoms with E-state index in [1.807, 2.05) is 6.92 Å². The van der Waals surface area contributed by atoms with Gasteiger partial charge in [-0.1, -0.05) is 30.3 Å². The molecule has 0 saturated carbocycles. The first-order valence-electron chi connectivity index (χ1n) is 9.89. The zero-order valence-electron chi connectivity index (χ0n) is 16.8. The molecule has 0 aromatic heterocycles. The zero-order valence-corrected chi connectivity index (χ0v) is 17.6. The number of para-hydroxylation sites is 1. The molecule has 2 aromatic carbocycles. The molecule has 156 valence electrons. The quantitative estimate of drug-likeness (QED) is 0.710. The number of aryl methyl sites for hydroxylation is 2. The largest absolute Gasteiger partial charge is 0.350 e. The molecule has 1 atom stereocenters. The number of amides is 1. The van der Waals surface area contributed by atoms with Gasteiger partial charge in [0, 0.05) is 13.0 Å². The molecule has 2 aromatic rings. The number of halogens is 1. The first-order valence-corrected chi connectivity index (χ1v) is 11.7. The van der Waals surface area contributed by atoms with E-state index in [1.165, 1.54) is 35.7 Å². The van der Waals surface area contributed by atoms with E-state index in [2.05, 4.69) is 23.5 Å². The molecule has 29 heavy (non-hydrogen) atoms. The summed E-state index contributed by atoms with van der Waals surface area (Å²) in [6.45, 7) is 1.98. The number of rotatable bonds is 8. The van der Waals surface area contributed by atoms with E-state index in [9.17, 15) is 17.6 Å². The minimum absolute atomic E-state index is 0.00178. The first kappa shape index (κ1) is 21.3. The first-order chi connectivity index (χ1) is 13.8. The lowest BCUT2D eigenvalue weighted by atomic mass is 10.0. The number of hydrogen-bond donors (Lipinski definition) is 1. The Hall–Kier alpha value is -2.41. The van der Waals surface area contributed by atoms with Crippen LogP contribution in [0.3, 0.4) is 0 Å². The molecule has 0 heterocycles. The van der Waals surface area contributed by atoms with Crippen LogP contribution in [0, 0.1) is 5.82 Å². The summed E-state index contributed by atoms with van der Waals surface area (Å²) in [5.41, 5.74) is 3.82. The number of hydrogen-bond acceptors (Lipinski definition) is 3. The summed E-state index contributed by atoms with van der Waals surface area (Å²) in [4.78, 5) is 12.3. The molecule has 0 saturated heterocycles. The highest BCUT2D eigenvalue weighted by molar-refractivity contribution is 7.92. The molecule has 0 fully saturated rings. The summed E-state index contributed by atoms with van der Waals surface area (Å²) in [5.74, 6) is -0.757. The summed E-state index contributed by atoms with van der Waals surface area (Å²) in [6, 6.07) is 12.0. The number of nitrogens with zero attached hydrogens (tertiary/aromatic N) is 1. The second kappa shape index (κ2) is 8.95. The Morgan fingerprint density at radius 3 is 2.62 bits per heavy atom. The lowest BCUT2D eigenvalue weighted by Crippen LogP contribution is -2.33. The van der Waals surface area contributed by atoms with E-state index in [4.69, 9.17) is 0 Å². The summed E-state index contributed by atoms with van der Waals surface area (Å²) >= 11 is 0. The van der Waals surface area contributed by atoms with Gasteiger partial charge < -0.3 is 5.32 Å². The average molecular weight is 419 g/mol. The number of carbonyl (C=O) groups is 1. The van der Waals surface area contributed by atoms with E-state index < -0.39 is 15.8 Å². The molecule has 1 aliphatic rings. The van der Waals surface area contributed by atoms with Crippen LogP contribution in [0.25, 0.3) is 0 Å². The van der Waals surface area contributed by atoms with Gasteiger partial charge in [-0.3, -0.25) is 9.10 Å². The van der Waals surface area contributed by atoms with Crippen molar-refractivity contribution in [2.45, 2.75) is 45.1 Å². The number of anilines is 1. The smallest absolute Gasteiger partial charge is 0.232 e. The van der Waals surface area contributed by atoms with Crippen LogP contribution in [0.15, 0.2) is 42.5 Å². The van der Waals surface area contributed by atoms with Crippen LogP contribution in [-0.2, 0) is 27.7 Å². The highest BCUT2D eigenvalue weighted by Crippen LogP contribution is 2.25. The summed E-state index contributed by atoms with van der Waals surface area (Å²) < 4.78 is 39.2. The monoisotopic (exact) mass is 418 g/mol. The van der Waals surface area contributed by atoms with Gasteiger partial charge in [0.05, 0.1) is 18.0 Å². The molecule has 1 N–H and O–H groups in total. The molecule has 1 amide bonds. The summed E-state index contributed by atoms with van der Waals surface area (Å²) in [7, 11) is -3.65. The van der Waals surface area contributed by atoms with Crippen molar-refractivity contribution in [2.75, 3.05) is 17.1 Å². The standard InChI is InChI=1S/C22H27FN2O3S/c1-16(18-13-12-17-7-5-8-19(17)15-18)24-22(26)11-6-14-25(29(2,27)28)21-10-4-3-9-20(21)23/h3-4,9-10,12-13,15-16H,5-8,11,14H2,1-2H3,(H,24,26)/t16-/m1/s1. The van der Waals surface area contributed by atoms with Crippen molar-refractivity contribution in [3.8, 4) is 0 Å². The van der Waals surface area contributed by atoms with Gasteiger partial charge in [-0.05, 0) is 61.4 Å². The van der Waals surface area contributed by atoms with Crippen LogP contribution in [0.5, 0.6) is 0 Å². The van der Waals surface area contributed by atoms with E-state index in [-0.39, 0.29) is 30.6 Å². The maximum Gasteiger partial charge on any atom is 0.232 e. The molecule has 0 aliphatic heterocycles. The Balaban J connectivity index is 1.56. The van der Waals surface area contributed by atoms with Crippen molar-refractivity contribution in [3.05, 3.63) is 65.0 Å². The number of fused-ring (bicyclic) bond motifs is 1. The normalized spacial score (nSPS) is 14.3. The molecule has 1 aliphatic carbocycles. The predicted molar refractivity (Wildman–Crippen MR) is 113 cm³/mol. The van der Waals surface area contributed by atoms with E-state index in [1.54, 1.807) is 6.07 Å². The van der Waals surface area contributed by atoms with Crippen LogP contribution in [0.1, 0.15) is 48.9 Å². The maximum atomic E-state index is 14.0. The SMILES string of the molecule is C[C@@H](NC(=O)CCCN(c1ccccc1F)S(C)(=O)=O)c1ccc2c(c1)CCC2. The lowest BCUT2D eigenvalue weighted by molar-refractivity contribution is -0.121. The number of carbonyl (C=O) groups excluding carboxylic acids is 1. The highest BCUT2D eigenvalue weighted by Gasteiger charge is 2.21. The van der Waals surface area contributed by atoms with Gasteiger partial charge >= 0.3 is 0 Å². The third-order valence-corrected chi connectivity index (χ3v) is 6.47. The van der Waals surface area contributed by atoms with Crippen molar-refractivity contribution in [1.29, 1.82) is 0 Å². The van der Waals surface area contributed by atoms with Crippen LogP contribution < -0.4 is 9.62 Å². The van der Waals surface area contributed by atoms with Crippen molar-refractivity contribution in [1.82, 2.24) is 5.32 Å². The lowest BCUT2D eigenvalue weighted by Gasteiger charge is -2.23. The molecule has 0 unspecified atom stereocenters. The number of nitrogens with one attached hydrogen (secondary N) is 1. The van der Waals surface area contributed by atoms with Gasteiger partial charge in [0.15, 0.2) is 0 Å². The number of sulfonamides is 1. The molecule has 0 radical (unpaired) electrons. The molecule has 0 spiro atoms. The van der Waals surface area contributed by atoms with Crippen molar-refractivity contribution in [3.63, 3.8) is 0 Å². The van der Waals surface area contributed by atoms with Gasteiger partial charge in [-0.25, -0.2) is 12.8 Å². The van der Waals surface area contributed by atoms with E-state index in [0.717, 1.165) is 29.0 Å². The van der Waals surface area contributed by atoms with E-state index >= 15 is 0 Å². The van der Waals surface area contributed by atoms with Crippen molar-refractivity contribution < 1.29 is 17.6 Å². The van der Waals surface area contributed by atoms with Gasteiger partial charge in [-0.2, -0.15) is 0 Å². The molecule has 0 bridgehead atoms. The Labute approximate surface area is 172 Å². The van der Waals surface area contributed by atoms with Crippen LogP contribution in [0.2, 0.25) is 0 Å². The molecular weight excluding hydrogens is 391 g/mol. The van der Waals surface area contributed by atoms with Crippen LogP contribution in [-0.4, -0.2) is 27.1 Å². The minimum Gasteiger partial charge on any atom is -0.350 e. The zero-order chi connectivity index (χ0) is 21.0. The molecule has 5 nitrogen and oxygen atoms in total. The van der Waals surface area contributed by atoms with Crippen LogP contribution >= 0.6 is 0 Å². The minimum atomic E-state index is -3.65. The van der Waals surface area contributed by atoms with Gasteiger partial charge in [0.1, 0.15) is 5.82 Å². The molecule has 3 rings (SSSR count). The Bertz CT molecular complexity index is 991. The predicted octanol–water partition coefficient (Wildman–Crippen LogP) is 3.74. The van der Waals surface area contributed by atoms with Crippen molar-refractivity contribution >= 4 is 21.6 Å². The fourth-order valence-electron chi connectivity index (χ4n) is 3.76. The van der Waals surface area contributed by atoms with Gasteiger partial charge in [0.2, 0.25) is 15.9 Å². The van der Waals surface area contributed by atoms with Gasteiger partial charge in [0.25, 0.3) is 0 Å². The topological polar surface area (TPSA) is 66.5 Å². The third kappa shape index (κ3) is 5.35. The molecular formula is C22H27FN2O3S. The summed E-state index contributed by atoms with van der Waals surface area (Å²) in [5, 5.41) is 2.97. The third-order valence-electron chi connectivity index (χ3n) is 5.29. The number of benzene rings is 2. The Kier molecular flexibility index (Phi) is 6.57. The van der Waals surface area contributed by atoms with Crippen LogP contribution in [0.4, 0.5) is 10.1 Å². The molecule has 7 heteroatoms. The van der Waals surface area contributed by atoms with Crippen molar-refractivity contribution in [2.24, 2.45) is 0 Å². The second-order valence-electron chi connectivity index (χ2n) is 7.56.